The van der Waals surface area contributed by atoms with Gasteiger partial charge in [0.2, 0.25) is 5.91 Å². The van der Waals surface area contributed by atoms with Crippen LogP contribution in [0.3, 0.4) is 0 Å². The molecule has 0 saturated heterocycles. The Labute approximate surface area is 381 Å². The number of tetrazole rings is 1. The lowest BCUT2D eigenvalue weighted by Crippen LogP contribution is -2.19. The largest absolute Gasteiger partial charge is 0.507 e. The van der Waals surface area contributed by atoms with Gasteiger partial charge in [-0.15, -0.1) is 28.6 Å². The molecule has 4 aromatic rings. The van der Waals surface area contributed by atoms with E-state index in [9.17, 15) is 15.0 Å². The zero-order valence-electron chi connectivity index (χ0n) is 40.2. The van der Waals surface area contributed by atoms with E-state index in [1.54, 1.807) is 0 Å². The third kappa shape index (κ3) is 13.2. The first kappa shape index (κ1) is 49.3. The number of anilines is 1. The van der Waals surface area contributed by atoms with Crippen molar-refractivity contribution in [3.63, 3.8) is 0 Å². The van der Waals surface area contributed by atoms with Crippen LogP contribution in [0.1, 0.15) is 188 Å². The Morgan fingerprint density at radius 3 is 1.68 bits per heavy atom. The van der Waals surface area contributed by atoms with E-state index in [0.717, 1.165) is 70.8 Å². The number of unbranched alkanes of at least 4 members (excludes halogenated alkanes) is 1. The maximum Gasteiger partial charge on any atom is 0.224 e. The van der Waals surface area contributed by atoms with Crippen LogP contribution < -0.4 is 10.1 Å². The van der Waals surface area contributed by atoms with Gasteiger partial charge in [-0.3, -0.25) is 4.79 Å². The van der Waals surface area contributed by atoms with Crippen molar-refractivity contribution in [1.29, 1.82) is 0 Å². The molecule has 2 aliphatic rings. The lowest BCUT2D eigenvalue weighted by Gasteiger charge is -2.31. The molecule has 1 aromatic heterocycles. The molecule has 1 saturated carbocycles. The van der Waals surface area contributed by atoms with Crippen molar-refractivity contribution in [2.75, 3.05) is 11.9 Å². The van der Waals surface area contributed by atoms with Crippen LogP contribution in [0.2, 0.25) is 0 Å². The summed E-state index contributed by atoms with van der Waals surface area (Å²) >= 11 is 3.66. The quantitative estimate of drug-likeness (QED) is 0.0767. The minimum atomic E-state index is -0.164. The number of carbonyl (C=O) groups excluding carboxylic acids is 1. The van der Waals surface area contributed by atoms with Crippen molar-refractivity contribution in [3.8, 4) is 17.2 Å². The third-order valence-electron chi connectivity index (χ3n) is 11.6. The number of aromatic hydroxyl groups is 2. The Hall–Kier alpha value is -3.70. The summed E-state index contributed by atoms with van der Waals surface area (Å²) < 4.78 is 7.78. The van der Waals surface area contributed by atoms with E-state index >= 15 is 0 Å². The summed E-state index contributed by atoms with van der Waals surface area (Å²) in [4.78, 5) is 13.8. The fraction of sp³-hybridized carbons (Fsp3) is 0.608. The van der Waals surface area contributed by atoms with Crippen molar-refractivity contribution in [2.24, 2.45) is 0 Å². The molecule has 1 fully saturated rings. The van der Waals surface area contributed by atoms with Crippen LogP contribution in [0.4, 0.5) is 5.69 Å². The summed E-state index contributed by atoms with van der Waals surface area (Å²) in [6, 6.07) is 15.0. The molecule has 340 valence electrons. The van der Waals surface area contributed by atoms with Crippen LogP contribution in [-0.4, -0.2) is 47.0 Å². The fourth-order valence-electron chi connectivity index (χ4n) is 8.22. The Kier molecular flexibility index (Phi) is 15.6. The first-order valence-electron chi connectivity index (χ1n) is 22.7. The lowest BCUT2D eigenvalue weighted by molar-refractivity contribution is -0.116. The normalized spacial score (nSPS) is 15.4. The number of aryl methyl sites for hydroxylation is 2. The van der Waals surface area contributed by atoms with Gasteiger partial charge < -0.3 is 20.3 Å². The summed E-state index contributed by atoms with van der Waals surface area (Å²) in [5.41, 5.74) is 5.40. The van der Waals surface area contributed by atoms with Gasteiger partial charge in [-0.25, -0.2) is 4.68 Å². The van der Waals surface area contributed by atoms with Gasteiger partial charge in [0.15, 0.2) is 5.82 Å². The van der Waals surface area contributed by atoms with Crippen LogP contribution in [0.15, 0.2) is 52.3 Å². The second kappa shape index (κ2) is 19.6. The molecule has 0 bridgehead atoms. The number of hydrogen-bond acceptors (Lipinski definition) is 9. The van der Waals surface area contributed by atoms with Gasteiger partial charge in [0.25, 0.3) is 0 Å². The van der Waals surface area contributed by atoms with Crippen molar-refractivity contribution in [3.05, 3.63) is 76.1 Å². The van der Waals surface area contributed by atoms with Gasteiger partial charge in [0.1, 0.15) is 17.2 Å². The number of thioether (sulfide) groups is 2. The van der Waals surface area contributed by atoms with E-state index in [0.29, 0.717) is 30.6 Å². The van der Waals surface area contributed by atoms with Crippen LogP contribution in [0.5, 0.6) is 17.2 Å². The van der Waals surface area contributed by atoms with Gasteiger partial charge in [-0.2, -0.15) is 0 Å². The SMILES string of the molecule is CC(C)(Sc1cc(C(C)(C)C)c(O)c(C(C)(C)C)c1)Sc1cc(C(C)(C)C)c(O)c(C(C)(C)C)c1.O=C1CCc2cc(OCCCCc3nnnn3C3CCCCC3)ccc2N1. The number of nitrogens with one attached hydrogen (secondary N) is 1. The van der Waals surface area contributed by atoms with Crippen molar-refractivity contribution in [2.45, 2.75) is 203 Å². The summed E-state index contributed by atoms with van der Waals surface area (Å²) in [6.07, 6.45) is 10.5. The highest BCUT2D eigenvalue weighted by Crippen LogP contribution is 2.51. The van der Waals surface area contributed by atoms with E-state index in [4.69, 9.17) is 4.74 Å². The van der Waals surface area contributed by atoms with Crippen molar-refractivity contribution >= 4 is 35.1 Å². The smallest absolute Gasteiger partial charge is 0.224 e. The molecule has 0 radical (unpaired) electrons. The molecule has 9 nitrogen and oxygen atoms in total. The number of phenols is 2. The molecule has 62 heavy (non-hydrogen) atoms. The van der Waals surface area contributed by atoms with E-state index < -0.39 is 0 Å². The van der Waals surface area contributed by atoms with E-state index in [2.05, 4.69) is 147 Å². The second-order valence-electron chi connectivity index (χ2n) is 21.8. The summed E-state index contributed by atoms with van der Waals surface area (Å²) in [6.45, 7) is 31.0. The lowest BCUT2D eigenvalue weighted by atomic mass is 9.79. The highest BCUT2D eigenvalue weighted by Gasteiger charge is 2.32. The Morgan fingerprint density at radius 1 is 0.694 bits per heavy atom. The molecule has 1 amide bonds. The number of benzene rings is 3. The first-order chi connectivity index (χ1) is 28.7. The van der Waals surface area contributed by atoms with E-state index in [-0.39, 0.29) is 31.6 Å². The fourth-order valence-corrected chi connectivity index (χ4v) is 10.8. The zero-order chi connectivity index (χ0) is 45.8. The predicted octanol–water partition coefficient (Wildman–Crippen LogP) is 13.4. The third-order valence-corrected chi connectivity index (χ3v) is 14.1. The average molecular weight is 886 g/mol. The standard InChI is InChI=1S/C31H48O2S2.C20H27N5O2/c1-27(2,3)21-15-19(16-22(25(21)32)28(4,5)6)34-31(13,14)35-20-17-23(29(7,8)9)26(33)24(18-20)30(10,11)12;26-20-12-9-15-14-17(10-11-18(15)21-20)27-13-5-4-8-19-22-23-24-25(19)16-6-2-1-3-7-16/h15-18,32-33H,1-14H3;10-11,14,16H,1-9,12-13H2,(H,21,26). The van der Waals surface area contributed by atoms with E-state index in [1.807, 2.05) is 41.7 Å². The number of carbonyl (C=O) groups is 1. The van der Waals surface area contributed by atoms with Gasteiger partial charge in [0, 0.05) is 50.6 Å². The second-order valence-corrected chi connectivity index (χ2v) is 25.5. The predicted molar refractivity (Wildman–Crippen MR) is 259 cm³/mol. The molecule has 3 aromatic carbocycles. The van der Waals surface area contributed by atoms with Gasteiger partial charge in [-0.05, 0) is 126 Å². The highest BCUT2D eigenvalue weighted by molar-refractivity contribution is 8.18. The first-order valence-corrected chi connectivity index (χ1v) is 24.3. The molecule has 3 N–H and O–H groups in total. The molecule has 6 rings (SSSR count). The van der Waals surface area contributed by atoms with Crippen LogP contribution in [-0.2, 0) is 39.3 Å². The maximum absolute atomic E-state index is 11.4. The molecule has 0 atom stereocenters. The number of phenolic OH excluding ortho intramolecular Hbond substituents is 2. The number of fused-ring (bicyclic) bond motifs is 1. The van der Waals surface area contributed by atoms with Crippen LogP contribution in [0, 0.1) is 0 Å². The maximum atomic E-state index is 11.4. The minimum Gasteiger partial charge on any atom is -0.507 e. The zero-order valence-corrected chi connectivity index (χ0v) is 41.8. The molecule has 0 unspecified atom stereocenters. The van der Waals surface area contributed by atoms with Crippen LogP contribution >= 0.6 is 23.5 Å². The molecular weight excluding hydrogens is 811 g/mol. The molecule has 1 aliphatic carbocycles. The Morgan fingerprint density at radius 2 is 1.19 bits per heavy atom. The monoisotopic (exact) mass is 886 g/mol. The van der Waals surface area contributed by atoms with Crippen LogP contribution in [0.25, 0.3) is 0 Å². The molecule has 11 heteroatoms. The number of nitrogens with zero attached hydrogens (tertiary/aromatic N) is 4. The van der Waals surface area contributed by atoms with Gasteiger partial charge >= 0.3 is 0 Å². The number of rotatable bonds is 11. The van der Waals surface area contributed by atoms with E-state index in [1.165, 1.54) is 41.9 Å². The van der Waals surface area contributed by atoms with Crippen molar-refractivity contribution < 1.29 is 19.7 Å². The number of aromatic nitrogens is 4. The average Bonchev–Trinajstić information content (AvgIpc) is 3.63. The minimum absolute atomic E-state index is 0.0896. The molecule has 0 spiro atoms. The number of amides is 1. The number of hydrogen-bond donors (Lipinski definition) is 3. The van der Waals surface area contributed by atoms with Gasteiger partial charge in [-0.1, -0.05) is 102 Å². The molecule has 1 aliphatic heterocycles. The van der Waals surface area contributed by atoms with Gasteiger partial charge in [0.05, 0.1) is 16.7 Å². The molecule has 2 heterocycles. The Balaban J connectivity index is 0.000000241. The Bertz CT molecular complexity index is 2010. The molecular formula is C51H75N5O4S2. The topological polar surface area (TPSA) is 122 Å². The number of ether oxygens (including phenoxy) is 1. The highest BCUT2D eigenvalue weighted by atomic mass is 32.2. The summed E-state index contributed by atoms with van der Waals surface area (Å²) in [5, 5.41) is 37.5. The van der Waals surface area contributed by atoms with Crippen molar-refractivity contribution in [1.82, 2.24) is 20.2 Å². The summed E-state index contributed by atoms with van der Waals surface area (Å²) in [7, 11) is 0. The summed E-state index contributed by atoms with van der Waals surface area (Å²) in [5.74, 6) is 2.81.